The molecule has 1 unspecified atom stereocenters. The highest BCUT2D eigenvalue weighted by Crippen LogP contribution is 2.17. The Hall–Kier alpha value is -1.03. The normalized spacial score (nSPS) is 20.7. The average Bonchev–Trinajstić information content (AvgIpc) is 2.98. The molecule has 1 aromatic heterocycles. The van der Waals surface area contributed by atoms with Gasteiger partial charge in [-0.05, 0) is 31.8 Å². The Balaban J connectivity index is 1.80. The monoisotopic (exact) mass is 316 g/mol. The van der Waals surface area contributed by atoms with Crippen molar-refractivity contribution in [2.45, 2.75) is 26.2 Å². The number of nitrogens with one attached hydrogen (secondary N) is 3. The van der Waals surface area contributed by atoms with Crippen LogP contribution in [0.25, 0.3) is 0 Å². The summed E-state index contributed by atoms with van der Waals surface area (Å²) in [5.41, 5.74) is 0. The highest BCUT2D eigenvalue weighted by Gasteiger charge is 2.28. The second kappa shape index (κ2) is 7.83. The first-order chi connectivity index (χ1) is 10.1. The minimum absolute atomic E-state index is 0.325. The zero-order valence-corrected chi connectivity index (χ0v) is 13.2. The van der Waals surface area contributed by atoms with Crippen molar-refractivity contribution >= 4 is 10.2 Å². The molecule has 0 amide bonds. The predicted molar refractivity (Wildman–Crippen MR) is 79.8 cm³/mol. The van der Waals surface area contributed by atoms with Crippen molar-refractivity contribution in [3.05, 3.63) is 12.2 Å². The van der Waals surface area contributed by atoms with E-state index in [2.05, 4.69) is 32.1 Å². The number of rotatable bonds is 8. The first-order valence-corrected chi connectivity index (χ1v) is 8.85. The maximum Gasteiger partial charge on any atom is 0.279 e. The highest BCUT2D eigenvalue weighted by molar-refractivity contribution is 7.87. The van der Waals surface area contributed by atoms with Crippen molar-refractivity contribution in [2.24, 2.45) is 5.92 Å². The molecule has 8 nitrogen and oxygen atoms in total. The van der Waals surface area contributed by atoms with Gasteiger partial charge in [0.1, 0.15) is 12.2 Å². The third-order valence-corrected chi connectivity index (χ3v) is 5.20. The molecule has 2 heterocycles. The minimum Gasteiger partial charge on any atom is -0.317 e. The third kappa shape index (κ3) is 5.03. The lowest BCUT2D eigenvalue weighted by molar-refractivity contribution is 0.259. The van der Waals surface area contributed by atoms with Crippen LogP contribution in [-0.4, -0.2) is 60.6 Å². The maximum absolute atomic E-state index is 12.3. The fourth-order valence-corrected chi connectivity index (χ4v) is 3.82. The Bertz CT molecular complexity index is 504. The molecule has 1 saturated heterocycles. The van der Waals surface area contributed by atoms with E-state index in [0.29, 0.717) is 37.8 Å². The lowest BCUT2D eigenvalue weighted by atomic mass is 10.00. The Kier molecular flexibility index (Phi) is 6.09. The standard InChI is InChI=1S/C12H24N6O2S/c1-2-13-8-11-4-3-7-18(9-11)21(19,20)16-6-5-12-14-10-15-17-12/h10-11,13,16H,2-9H2,1H3,(H,14,15,17). The molecule has 0 saturated carbocycles. The van der Waals surface area contributed by atoms with Crippen LogP contribution in [0.3, 0.4) is 0 Å². The summed E-state index contributed by atoms with van der Waals surface area (Å²) in [5.74, 6) is 1.07. The van der Waals surface area contributed by atoms with Crippen molar-refractivity contribution in [2.75, 3.05) is 32.7 Å². The summed E-state index contributed by atoms with van der Waals surface area (Å²) in [6, 6.07) is 0. The van der Waals surface area contributed by atoms with Crippen LogP contribution < -0.4 is 10.0 Å². The zero-order chi connectivity index (χ0) is 15.1. The number of nitrogens with zero attached hydrogens (tertiary/aromatic N) is 3. The molecule has 2 rings (SSSR count). The molecule has 0 aromatic carbocycles. The molecule has 1 fully saturated rings. The Morgan fingerprint density at radius 1 is 1.52 bits per heavy atom. The first kappa shape index (κ1) is 16.3. The van der Waals surface area contributed by atoms with Crippen LogP contribution in [0, 0.1) is 5.92 Å². The van der Waals surface area contributed by atoms with Crippen LogP contribution in [0.2, 0.25) is 0 Å². The summed E-state index contributed by atoms with van der Waals surface area (Å²) < 4.78 is 28.8. The van der Waals surface area contributed by atoms with Gasteiger partial charge in [-0.1, -0.05) is 6.92 Å². The minimum atomic E-state index is -3.40. The Morgan fingerprint density at radius 2 is 2.38 bits per heavy atom. The Labute approximate surface area is 125 Å². The molecule has 1 atom stereocenters. The molecular formula is C12H24N6O2S. The van der Waals surface area contributed by atoms with E-state index in [1.54, 1.807) is 4.31 Å². The van der Waals surface area contributed by atoms with Crippen molar-refractivity contribution in [1.29, 1.82) is 0 Å². The van der Waals surface area contributed by atoms with E-state index in [0.717, 1.165) is 25.9 Å². The number of aromatic nitrogens is 3. The van der Waals surface area contributed by atoms with E-state index in [9.17, 15) is 8.42 Å². The van der Waals surface area contributed by atoms with Crippen LogP contribution in [0.15, 0.2) is 6.33 Å². The molecular weight excluding hydrogens is 292 g/mol. The molecule has 0 spiro atoms. The first-order valence-electron chi connectivity index (χ1n) is 7.41. The summed E-state index contributed by atoms with van der Waals surface area (Å²) in [7, 11) is -3.40. The largest absolute Gasteiger partial charge is 0.317 e. The van der Waals surface area contributed by atoms with E-state index >= 15 is 0 Å². The fourth-order valence-electron chi connectivity index (χ4n) is 2.50. The lowest BCUT2D eigenvalue weighted by Crippen LogP contribution is -2.48. The van der Waals surface area contributed by atoms with Crippen molar-refractivity contribution in [3.8, 4) is 0 Å². The van der Waals surface area contributed by atoms with Crippen molar-refractivity contribution in [3.63, 3.8) is 0 Å². The molecule has 1 aliphatic rings. The van der Waals surface area contributed by atoms with Gasteiger partial charge in [-0.2, -0.15) is 17.8 Å². The van der Waals surface area contributed by atoms with Crippen molar-refractivity contribution < 1.29 is 8.42 Å². The molecule has 0 aliphatic carbocycles. The summed E-state index contributed by atoms with van der Waals surface area (Å²) in [6.07, 6.45) is 3.92. The predicted octanol–water partition coefficient (Wildman–Crippen LogP) is -0.497. The zero-order valence-electron chi connectivity index (χ0n) is 12.4. The van der Waals surface area contributed by atoms with Gasteiger partial charge in [-0.3, -0.25) is 5.10 Å². The Morgan fingerprint density at radius 3 is 3.10 bits per heavy atom. The van der Waals surface area contributed by atoms with Crippen LogP contribution in [-0.2, 0) is 16.6 Å². The second-order valence-electron chi connectivity index (χ2n) is 5.26. The second-order valence-corrected chi connectivity index (χ2v) is 7.01. The van der Waals surface area contributed by atoms with Gasteiger partial charge in [0.25, 0.3) is 10.2 Å². The van der Waals surface area contributed by atoms with Crippen molar-refractivity contribution in [1.82, 2.24) is 29.5 Å². The number of piperidine rings is 1. The summed E-state index contributed by atoms with van der Waals surface area (Å²) in [4.78, 5) is 3.97. The van der Waals surface area contributed by atoms with Crippen LogP contribution in [0.5, 0.6) is 0 Å². The van der Waals surface area contributed by atoms with Gasteiger partial charge in [-0.25, -0.2) is 9.71 Å². The van der Waals surface area contributed by atoms with Gasteiger partial charge in [0, 0.05) is 26.1 Å². The number of H-pyrrole nitrogens is 1. The lowest BCUT2D eigenvalue weighted by Gasteiger charge is -2.32. The van der Waals surface area contributed by atoms with Gasteiger partial charge in [0.05, 0.1) is 0 Å². The maximum atomic E-state index is 12.3. The van der Waals surface area contributed by atoms with Gasteiger partial charge >= 0.3 is 0 Å². The summed E-state index contributed by atoms with van der Waals surface area (Å²) in [6.45, 7) is 5.36. The molecule has 21 heavy (non-hydrogen) atoms. The SMILES string of the molecule is CCNCC1CCCN(S(=O)(=O)NCCc2ncn[nH]2)C1. The van der Waals surface area contributed by atoms with Crippen LogP contribution >= 0.6 is 0 Å². The fraction of sp³-hybridized carbons (Fsp3) is 0.833. The highest BCUT2D eigenvalue weighted by atomic mass is 32.2. The van der Waals surface area contributed by atoms with E-state index in [4.69, 9.17) is 0 Å². The quantitative estimate of drug-likeness (QED) is 0.600. The van der Waals surface area contributed by atoms with E-state index in [-0.39, 0.29) is 0 Å². The van der Waals surface area contributed by atoms with Gasteiger partial charge in [-0.15, -0.1) is 0 Å². The van der Waals surface area contributed by atoms with Crippen LogP contribution in [0.1, 0.15) is 25.6 Å². The number of aromatic amines is 1. The summed E-state index contributed by atoms with van der Waals surface area (Å²) in [5, 5.41) is 9.74. The molecule has 0 bridgehead atoms. The molecule has 1 aromatic rings. The molecule has 1 aliphatic heterocycles. The number of hydrogen-bond acceptors (Lipinski definition) is 5. The molecule has 120 valence electrons. The topological polar surface area (TPSA) is 103 Å². The van der Waals surface area contributed by atoms with Gasteiger partial charge < -0.3 is 5.32 Å². The smallest absolute Gasteiger partial charge is 0.279 e. The average molecular weight is 316 g/mol. The van der Waals surface area contributed by atoms with Gasteiger partial charge in [0.15, 0.2) is 0 Å². The third-order valence-electron chi connectivity index (χ3n) is 3.62. The molecule has 3 N–H and O–H groups in total. The van der Waals surface area contributed by atoms with E-state index < -0.39 is 10.2 Å². The molecule has 9 heteroatoms. The van der Waals surface area contributed by atoms with Crippen LogP contribution in [0.4, 0.5) is 0 Å². The number of hydrogen-bond donors (Lipinski definition) is 3. The summed E-state index contributed by atoms with van der Waals surface area (Å²) >= 11 is 0. The van der Waals surface area contributed by atoms with E-state index in [1.165, 1.54) is 6.33 Å². The van der Waals surface area contributed by atoms with E-state index in [1.807, 2.05) is 0 Å². The molecule has 0 radical (unpaired) electrons. The van der Waals surface area contributed by atoms with Gasteiger partial charge in [0.2, 0.25) is 0 Å².